The number of thiazole rings is 1. The number of aromatic nitrogens is 4. The average Bonchev–Trinajstić information content (AvgIpc) is 2.69. The molecule has 0 fully saturated rings. The molecule has 0 aromatic carbocycles. The van der Waals surface area contributed by atoms with E-state index in [0.717, 1.165) is 21.4 Å². The number of aryl methyl sites for hydroxylation is 2. The summed E-state index contributed by atoms with van der Waals surface area (Å²) in [7, 11) is 0. The quantitative estimate of drug-likeness (QED) is 0.837. The van der Waals surface area contributed by atoms with E-state index in [2.05, 4.69) is 29.0 Å². The van der Waals surface area contributed by atoms with Crippen molar-refractivity contribution in [2.24, 2.45) is 0 Å². The largest absolute Gasteiger partial charge is 0.297 e. The molecule has 4 nitrogen and oxygen atoms in total. The lowest BCUT2D eigenvalue weighted by Gasteiger charge is -2.08. The lowest BCUT2D eigenvalue weighted by Crippen LogP contribution is -2.03. The summed E-state index contributed by atoms with van der Waals surface area (Å²) in [6.07, 6.45) is 0. The van der Waals surface area contributed by atoms with Crippen LogP contribution in [0.5, 0.6) is 0 Å². The number of hydrogen-bond acceptors (Lipinski definition) is 4. The molecule has 0 unspecified atom stereocenters. The molecule has 0 aliphatic rings. The van der Waals surface area contributed by atoms with Crippen LogP contribution in [0.2, 0.25) is 0 Å². The zero-order valence-corrected chi connectivity index (χ0v) is 11.4. The van der Waals surface area contributed by atoms with Gasteiger partial charge in [-0.1, -0.05) is 0 Å². The van der Waals surface area contributed by atoms with Crippen molar-refractivity contribution in [2.45, 2.75) is 33.7 Å². The molecule has 0 amide bonds. The number of nitrogens with one attached hydrogen (secondary N) is 1. The van der Waals surface area contributed by atoms with Crippen molar-refractivity contribution in [1.29, 1.82) is 0 Å². The van der Waals surface area contributed by atoms with Crippen LogP contribution in [0.3, 0.4) is 0 Å². The second-order valence-corrected chi connectivity index (χ2v) is 5.55. The highest BCUT2D eigenvalue weighted by molar-refractivity contribution is 7.71. The van der Waals surface area contributed by atoms with Crippen molar-refractivity contribution in [3.63, 3.8) is 0 Å². The monoisotopic (exact) mass is 254 g/mol. The first-order valence-corrected chi connectivity index (χ1v) is 6.34. The van der Waals surface area contributed by atoms with E-state index in [9.17, 15) is 0 Å². The summed E-state index contributed by atoms with van der Waals surface area (Å²) in [5.74, 6) is 0.892. The van der Waals surface area contributed by atoms with E-state index in [1.54, 1.807) is 11.3 Å². The molecular formula is C10H14N4S2. The maximum atomic E-state index is 5.23. The third-order valence-corrected chi connectivity index (χ3v) is 3.68. The van der Waals surface area contributed by atoms with Crippen LogP contribution >= 0.6 is 23.6 Å². The predicted molar refractivity (Wildman–Crippen MR) is 68.4 cm³/mol. The van der Waals surface area contributed by atoms with E-state index >= 15 is 0 Å². The van der Waals surface area contributed by atoms with E-state index in [0.29, 0.717) is 10.8 Å². The first-order chi connectivity index (χ1) is 7.50. The van der Waals surface area contributed by atoms with Crippen LogP contribution < -0.4 is 0 Å². The Morgan fingerprint density at radius 1 is 1.38 bits per heavy atom. The highest BCUT2D eigenvalue weighted by atomic mass is 32.1. The van der Waals surface area contributed by atoms with Crippen molar-refractivity contribution >= 4 is 23.6 Å². The van der Waals surface area contributed by atoms with Gasteiger partial charge < -0.3 is 0 Å². The average molecular weight is 254 g/mol. The Labute approximate surface area is 103 Å². The van der Waals surface area contributed by atoms with Crippen molar-refractivity contribution in [3.8, 4) is 10.7 Å². The molecule has 0 saturated heterocycles. The Hall–Kier alpha value is -1.01. The van der Waals surface area contributed by atoms with Gasteiger partial charge in [0.05, 0.1) is 15.6 Å². The van der Waals surface area contributed by atoms with Gasteiger partial charge in [0.2, 0.25) is 0 Å². The van der Waals surface area contributed by atoms with Gasteiger partial charge in [-0.25, -0.2) is 4.98 Å². The summed E-state index contributed by atoms with van der Waals surface area (Å²) in [4.78, 5) is 5.51. The second kappa shape index (κ2) is 4.10. The predicted octanol–water partition coefficient (Wildman–Crippen LogP) is 3.26. The highest BCUT2D eigenvalue weighted by Crippen LogP contribution is 2.29. The molecule has 0 atom stereocenters. The first-order valence-electron chi connectivity index (χ1n) is 5.12. The fourth-order valence-electron chi connectivity index (χ4n) is 1.68. The normalized spacial score (nSPS) is 11.3. The molecule has 2 aromatic rings. The summed E-state index contributed by atoms with van der Waals surface area (Å²) in [5, 5.41) is 8.20. The smallest absolute Gasteiger partial charge is 0.195 e. The van der Waals surface area contributed by atoms with Crippen LogP contribution in [-0.2, 0) is 0 Å². The molecule has 2 aromatic heterocycles. The Kier molecular flexibility index (Phi) is 2.94. The topological polar surface area (TPSA) is 46.5 Å². The summed E-state index contributed by atoms with van der Waals surface area (Å²) < 4.78 is 2.69. The Morgan fingerprint density at radius 3 is 2.56 bits per heavy atom. The molecule has 1 N–H and O–H groups in total. The van der Waals surface area contributed by atoms with Crippen LogP contribution in [0.1, 0.15) is 30.6 Å². The molecule has 86 valence electrons. The molecule has 0 spiro atoms. The maximum Gasteiger partial charge on any atom is 0.195 e. The number of H-pyrrole nitrogens is 1. The van der Waals surface area contributed by atoms with Crippen molar-refractivity contribution in [2.75, 3.05) is 0 Å². The van der Waals surface area contributed by atoms with Crippen molar-refractivity contribution in [1.82, 2.24) is 19.7 Å². The number of rotatable bonds is 2. The minimum atomic E-state index is 0.294. The summed E-state index contributed by atoms with van der Waals surface area (Å²) in [6.45, 7) is 8.19. The van der Waals surface area contributed by atoms with Gasteiger partial charge in [0.1, 0.15) is 0 Å². The second-order valence-electron chi connectivity index (χ2n) is 3.96. The molecule has 0 aliphatic heterocycles. The molecule has 16 heavy (non-hydrogen) atoms. The standard InChI is InChI=1S/C10H14N4S2/c1-5(2)14-9(12-13-10(14)15)8-6(3)11-7(4)16-8/h5H,1-4H3,(H,13,15). The highest BCUT2D eigenvalue weighted by Gasteiger charge is 2.16. The minimum Gasteiger partial charge on any atom is -0.297 e. The summed E-state index contributed by atoms with van der Waals surface area (Å²) in [5.41, 5.74) is 1.01. The summed E-state index contributed by atoms with van der Waals surface area (Å²) >= 11 is 6.88. The van der Waals surface area contributed by atoms with E-state index in [1.807, 2.05) is 18.4 Å². The van der Waals surface area contributed by atoms with Gasteiger partial charge in [-0.3, -0.25) is 9.67 Å². The van der Waals surface area contributed by atoms with Gasteiger partial charge >= 0.3 is 0 Å². The zero-order chi connectivity index (χ0) is 11.9. The molecule has 6 heteroatoms. The van der Waals surface area contributed by atoms with E-state index in [4.69, 9.17) is 12.2 Å². The number of hydrogen-bond donors (Lipinski definition) is 1. The molecule has 2 rings (SSSR count). The van der Waals surface area contributed by atoms with Crippen LogP contribution in [-0.4, -0.2) is 19.7 Å². The van der Waals surface area contributed by atoms with E-state index in [1.165, 1.54) is 0 Å². The molecule has 0 aliphatic carbocycles. The third-order valence-electron chi connectivity index (χ3n) is 2.33. The molecule has 0 bridgehead atoms. The van der Waals surface area contributed by atoms with Gasteiger partial charge in [-0.2, -0.15) is 5.10 Å². The van der Waals surface area contributed by atoms with E-state index in [-0.39, 0.29) is 0 Å². The van der Waals surface area contributed by atoms with Crippen LogP contribution in [0.4, 0.5) is 0 Å². The van der Waals surface area contributed by atoms with Crippen LogP contribution in [0, 0.1) is 18.6 Å². The lowest BCUT2D eigenvalue weighted by atomic mass is 10.3. The van der Waals surface area contributed by atoms with Crippen LogP contribution in [0.15, 0.2) is 0 Å². The Bertz CT molecular complexity index is 562. The SMILES string of the molecule is Cc1nc(C)c(-c2n[nH]c(=S)n2C(C)C)s1. The van der Waals surface area contributed by atoms with Crippen molar-refractivity contribution in [3.05, 3.63) is 15.5 Å². The zero-order valence-electron chi connectivity index (χ0n) is 9.74. The third kappa shape index (κ3) is 1.82. The van der Waals surface area contributed by atoms with Gasteiger partial charge in [0.15, 0.2) is 10.6 Å². The molecule has 0 radical (unpaired) electrons. The fraction of sp³-hybridized carbons (Fsp3) is 0.500. The van der Waals surface area contributed by atoms with Crippen molar-refractivity contribution < 1.29 is 0 Å². The van der Waals surface area contributed by atoms with Gasteiger partial charge in [0, 0.05) is 6.04 Å². The van der Waals surface area contributed by atoms with Gasteiger partial charge in [0.25, 0.3) is 0 Å². The number of aromatic amines is 1. The van der Waals surface area contributed by atoms with E-state index < -0.39 is 0 Å². The maximum absolute atomic E-state index is 5.23. The molecular weight excluding hydrogens is 240 g/mol. The fourth-order valence-corrected chi connectivity index (χ4v) is 2.93. The lowest BCUT2D eigenvalue weighted by molar-refractivity contribution is 0.597. The van der Waals surface area contributed by atoms with Crippen LogP contribution in [0.25, 0.3) is 10.7 Å². The van der Waals surface area contributed by atoms with Gasteiger partial charge in [-0.05, 0) is 39.9 Å². The van der Waals surface area contributed by atoms with Gasteiger partial charge in [-0.15, -0.1) is 11.3 Å². The molecule has 2 heterocycles. The number of nitrogens with zero attached hydrogens (tertiary/aromatic N) is 3. The minimum absolute atomic E-state index is 0.294. The molecule has 0 saturated carbocycles. The Balaban J connectivity index is 2.65. The first kappa shape index (κ1) is 11.5. The summed E-state index contributed by atoms with van der Waals surface area (Å²) in [6, 6.07) is 0.294. The Morgan fingerprint density at radius 2 is 2.06 bits per heavy atom.